The zero-order chi connectivity index (χ0) is 23.3. The lowest BCUT2D eigenvalue weighted by atomic mass is 10.1. The summed E-state index contributed by atoms with van der Waals surface area (Å²) >= 11 is 9.68. The summed E-state index contributed by atoms with van der Waals surface area (Å²) in [7, 11) is 0. The van der Waals surface area contributed by atoms with E-state index in [1.807, 2.05) is 44.2 Å². The molecule has 1 fully saturated rings. The van der Waals surface area contributed by atoms with E-state index in [9.17, 15) is 9.59 Å². The minimum atomic E-state index is -0.626. The van der Waals surface area contributed by atoms with E-state index >= 15 is 0 Å². The Kier molecular flexibility index (Phi) is 8.60. The molecule has 2 amide bonds. The Labute approximate surface area is 203 Å². The van der Waals surface area contributed by atoms with Crippen LogP contribution in [0.25, 0.3) is 0 Å². The summed E-state index contributed by atoms with van der Waals surface area (Å²) in [5.74, 6) is 0.238. The van der Waals surface area contributed by atoms with Gasteiger partial charge in [0.15, 0.2) is 6.61 Å². The van der Waals surface area contributed by atoms with Gasteiger partial charge in [0.25, 0.3) is 5.91 Å². The van der Waals surface area contributed by atoms with Gasteiger partial charge < -0.3 is 15.0 Å². The van der Waals surface area contributed by atoms with Crippen LogP contribution in [0.5, 0.6) is 5.75 Å². The Bertz CT molecular complexity index is 952. The molecule has 1 aliphatic rings. The van der Waals surface area contributed by atoms with E-state index in [4.69, 9.17) is 16.3 Å². The Morgan fingerprint density at radius 2 is 1.84 bits per heavy atom. The van der Waals surface area contributed by atoms with E-state index in [-0.39, 0.29) is 31.0 Å². The monoisotopic (exact) mass is 520 g/mol. The molecule has 3 rings (SSSR count). The lowest BCUT2D eigenvalue weighted by Crippen LogP contribution is -2.50. The van der Waals surface area contributed by atoms with Crippen molar-refractivity contribution in [3.05, 3.63) is 62.6 Å². The highest BCUT2D eigenvalue weighted by atomic mass is 79.9. The molecular formula is C25H30BrClN2O3. The van der Waals surface area contributed by atoms with Gasteiger partial charge in [-0.05, 0) is 74.6 Å². The van der Waals surface area contributed by atoms with Crippen LogP contribution >= 0.6 is 27.5 Å². The van der Waals surface area contributed by atoms with Crippen LogP contribution in [0.3, 0.4) is 0 Å². The van der Waals surface area contributed by atoms with Gasteiger partial charge in [-0.1, -0.05) is 52.5 Å². The number of benzene rings is 2. The van der Waals surface area contributed by atoms with Crippen LogP contribution in [0.4, 0.5) is 0 Å². The van der Waals surface area contributed by atoms with Crippen molar-refractivity contribution >= 4 is 39.3 Å². The summed E-state index contributed by atoms with van der Waals surface area (Å²) < 4.78 is 6.84. The van der Waals surface area contributed by atoms with Crippen molar-refractivity contribution in [3.63, 3.8) is 0 Å². The molecule has 1 saturated carbocycles. The van der Waals surface area contributed by atoms with E-state index in [1.54, 1.807) is 17.9 Å². The molecule has 0 aliphatic heterocycles. The molecule has 172 valence electrons. The first kappa shape index (κ1) is 24.6. The third kappa shape index (κ3) is 6.48. The van der Waals surface area contributed by atoms with Crippen LogP contribution in [0.1, 0.15) is 49.3 Å². The van der Waals surface area contributed by atoms with Crippen molar-refractivity contribution < 1.29 is 14.3 Å². The fraction of sp³-hybridized carbons (Fsp3) is 0.440. The van der Waals surface area contributed by atoms with Gasteiger partial charge in [0.1, 0.15) is 11.8 Å². The largest absolute Gasteiger partial charge is 0.484 e. The van der Waals surface area contributed by atoms with Crippen molar-refractivity contribution in [1.29, 1.82) is 0 Å². The van der Waals surface area contributed by atoms with E-state index < -0.39 is 6.04 Å². The number of ether oxygens (including phenoxy) is 1. The standard InChI is InChI=1S/C25H30BrClN2O3/c1-16-11-22(12-17(2)24(16)26)32-15-23(30)29(14-19-7-6-8-20(27)13-19)18(3)25(31)28-21-9-4-5-10-21/h6-8,11-13,18,21H,4-5,9-10,14-15H2,1-3H3,(H,28,31). The predicted molar refractivity (Wildman–Crippen MR) is 131 cm³/mol. The molecule has 0 heterocycles. The first-order valence-electron chi connectivity index (χ1n) is 11.0. The first-order chi connectivity index (χ1) is 15.2. The molecule has 1 aliphatic carbocycles. The van der Waals surface area contributed by atoms with Crippen LogP contribution in [0, 0.1) is 13.8 Å². The van der Waals surface area contributed by atoms with Gasteiger partial charge in [-0.3, -0.25) is 9.59 Å². The summed E-state index contributed by atoms with van der Waals surface area (Å²) in [6, 6.07) is 10.7. The molecule has 0 aromatic heterocycles. The molecule has 2 aromatic rings. The molecule has 32 heavy (non-hydrogen) atoms. The smallest absolute Gasteiger partial charge is 0.261 e. The van der Waals surface area contributed by atoms with E-state index in [1.165, 1.54) is 0 Å². The van der Waals surface area contributed by atoms with Crippen molar-refractivity contribution in [2.75, 3.05) is 6.61 Å². The highest BCUT2D eigenvalue weighted by Crippen LogP contribution is 2.26. The zero-order valence-electron chi connectivity index (χ0n) is 18.8. The maximum absolute atomic E-state index is 13.2. The summed E-state index contributed by atoms with van der Waals surface area (Å²) in [5, 5.41) is 3.69. The lowest BCUT2D eigenvalue weighted by Gasteiger charge is -2.29. The summed E-state index contributed by atoms with van der Waals surface area (Å²) in [5.41, 5.74) is 2.93. The molecule has 0 spiro atoms. The Morgan fingerprint density at radius 3 is 2.47 bits per heavy atom. The van der Waals surface area contributed by atoms with Crippen molar-refractivity contribution in [2.45, 2.75) is 65.1 Å². The van der Waals surface area contributed by atoms with Crippen molar-refractivity contribution in [1.82, 2.24) is 10.2 Å². The average molecular weight is 522 g/mol. The number of aryl methyl sites for hydroxylation is 2. The zero-order valence-corrected chi connectivity index (χ0v) is 21.1. The summed E-state index contributed by atoms with van der Waals surface area (Å²) in [6.07, 6.45) is 4.24. The van der Waals surface area contributed by atoms with Crippen molar-refractivity contribution in [2.24, 2.45) is 0 Å². The number of hydrogen-bond acceptors (Lipinski definition) is 3. The lowest BCUT2D eigenvalue weighted by molar-refractivity contribution is -0.142. The number of carbonyl (C=O) groups is 2. The number of nitrogens with one attached hydrogen (secondary N) is 1. The number of rotatable bonds is 8. The normalized spacial score (nSPS) is 14.8. The number of nitrogens with zero attached hydrogens (tertiary/aromatic N) is 1. The maximum Gasteiger partial charge on any atom is 0.261 e. The highest BCUT2D eigenvalue weighted by Gasteiger charge is 2.28. The fourth-order valence-electron chi connectivity index (χ4n) is 4.02. The van der Waals surface area contributed by atoms with Gasteiger partial charge in [-0.15, -0.1) is 0 Å². The molecule has 1 unspecified atom stereocenters. The quantitative estimate of drug-likeness (QED) is 0.494. The van der Waals surface area contributed by atoms with Crippen LogP contribution in [-0.2, 0) is 16.1 Å². The Balaban J connectivity index is 1.74. The molecule has 2 aromatic carbocycles. The van der Waals surface area contributed by atoms with E-state index in [2.05, 4.69) is 21.2 Å². The van der Waals surface area contributed by atoms with Gasteiger partial charge >= 0.3 is 0 Å². The summed E-state index contributed by atoms with van der Waals surface area (Å²) in [4.78, 5) is 27.7. The molecule has 1 N–H and O–H groups in total. The molecule has 5 nitrogen and oxygen atoms in total. The Morgan fingerprint density at radius 1 is 1.19 bits per heavy atom. The second-order valence-electron chi connectivity index (χ2n) is 8.48. The van der Waals surface area contributed by atoms with Gasteiger partial charge in [0.2, 0.25) is 5.91 Å². The molecule has 0 bridgehead atoms. The molecule has 0 radical (unpaired) electrons. The third-order valence-electron chi connectivity index (χ3n) is 5.88. The molecule has 1 atom stereocenters. The Hall–Kier alpha value is -2.05. The predicted octanol–water partition coefficient (Wildman–Crippen LogP) is 5.57. The van der Waals surface area contributed by atoms with E-state index in [0.717, 1.165) is 46.8 Å². The van der Waals surface area contributed by atoms with Crippen LogP contribution in [0.15, 0.2) is 40.9 Å². The minimum absolute atomic E-state index is 0.136. The molecule has 0 saturated heterocycles. The van der Waals surface area contributed by atoms with Gasteiger partial charge in [-0.2, -0.15) is 0 Å². The number of hydrogen-bond donors (Lipinski definition) is 1. The minimum Gasteiger partial charge on any atom is -0.484 e. The average Bonchev–Trinajstić information content (AvgIpc) is 3.26. The van der Waals surface area contributed by atoms with Crippen LogP contribution < -0.4 is 10.1 Å². The van der Waals surface area contributed by atoms with Crippen molar-refractivity contribution in [3.8, 4) is 5.75 Å². The van der Waals surface area contributed by atoms with Gasteiger partial charge in [-0.25, -0.2) is 0 Å². The highest BCUT2D eigenvalue weighted by molar-refractivity contribution is 9.10. The topological polar surface area (TPSA) is 58.6 Å². The van der Waals surface area contributed by atoms with E-state index in [0.29, 0.717) is 10.8 Å². The fourth-order valence-corrected chi connectivity index (χ4v) is 4.47. The third-order valence-corrected chi connectivity index (χ3v) is 7.37. The van der Waals surface area contributed by atoms with Crippen LogP contribution in [-0.4, -0.2) is 35.4 Å². The second kappa shape index (κ2) is 11.2. The molecule has 7 heteroatoms. The van der Waals surface area contributed by atoms with Gasteiger partial charge in [0.05, 0.1) is 0 Å². The van der Waals surface area contributed by atoms with Gasteiger partial charge in [0, 0.05) is 22.1 Å². The second-order valence-corrected chi connectivity index (χ2v) is 9.71. The maximum atomic E-state index is 13.2. The SMILES string of the molecule is Cc1cc(OCC(=O)N(Cc2cccc(Cl)c2)C(C)C(=O)NC2CCCC2)cc(C)c1Br. The van der Waals surface area contributed by atoms with Crippen LogP contribution in [0.2, 0.25) is 5.02 Å². The summed E-state index contributed by atoms with van der Waals surface area (Å²) in [6.45, 7) is 5.85. The number of halogens is 2. The molecular weight excluding hydrogens is 492 g/mol. The number of amides is 2. The number of carbonyl (C=O) groups excluding carboxylic acids is 2. The first-order valence-corrected chi connectivity index (χ1v) is 12.2.